The van der Waals surface area contributed by atoms with E-state index in [0.29, 0.717) is 32.0 Å². The fourth-order valence-electron chi connectivity index (χ4n) is 4.06. The topological polar surface area (TPSA) is 81.1 Å². The van der Waals surface area contributed by atoms with Gasteiger partial charge in [-0.25, -0.2) is 9.59 Å². The Bertz CT molecular complexity index is 441. The number of carbonyl (C=O) groups is 2. The standard InChI is InChI=1S/C14H22N2O4/c1-14(12(18)19)5-2-6-16(14)13(20)15-7-9-3-4-11(17)10(9)8-15/h9-11,17H,2-8H2,1H3,(H,18,19). The van der Waals surface area contributed by atoms with Crippen LogP contribution in [0.3, 0.4) is 0 Å². The average molecular weight is 282 g/mol. The Hall–Kier alpha value is -1.30. The summed E-state index contributed by atoms with van der Waals surface area (Å²) in [5, 5.41) is 19.3. The molecule has 6 heteroatoms. The Labute approximate surface area is 118 Å². The molecule has 0 radical (unpaired) electrons. The summed E-state index contributed by atoms with van der Waals surface area (Å²) in [5.41, 5.74) is -1.08. The average Bonchev–Trinajstić information content (AvgIpc) is 3.06. The van der Waals surface area contributed by atoms with Gasteiger partial charge in [0, 0.05) is 25.6 Å². The van der Waals surface area contributed by atoms with E-state index in [1.807, 2.05) is 0 Å². The molecule has 6 nitrogen and oxygen atoms in total. The third-order valence-corrected chi connectivity index (χ3v) is 5.42. The number of carbonyl (C=O) groups excluding carboxylic acids is 1. The molecule has 1 aliphatic carbocycles. The molecule has 2 heterocycles. The number of amides is 2. The van der Waals surface area contributed by atoms with Crippen LogP contribution in [0.25, 0.3) is 0 Å². The fraction of sp³-hybridized carbons (Fsp3) is 0.857. The van der Waals surface area contributed by atoms with Crippen molar-refractivity contribution in [2.24, 2.45) is 11.8 Å². The number of nitrogens with zero attached hydrogens (tertiary/aromatic N) is 2. The van der Waals surface area contributed by atoms with Gasteiger partial charge in [-0.15, -0.1) is 0 Å². The second kappa shape index (κ2) is 4.62. The summed E-state index contributed by atoms with van der Waals surface area (Å²) in [6.45, 7) is 3.37. The largest absolute Gasteiger partial charge is 0.480 e. The SMILES string of the molecule is CC1(C(=O)O)CCCN1C(=O)N1CC2CCC(O)C2C1. The van der Waals surface area contributed by atoms with Gasteiger partial charge in [0.15, 0.2) is 0 Å². The first-order valence-corrected chi connectivity index (χ1v) is 7.41. The second-order valence-corrected chi connectivity index (χ2v) is 6.59. The zero-order valence-corrected chi connectivity index (χ0v) is 11.8. The van der Waals surface area contributed by atoms with Crippen LogP contribution in [0.2, 0.25) is 0 Å². The first kappa shape index (κ1) is 13.7. The summed E-state index contributed by atoms with van der Waals surface area (Å²) in [6.07, 6.45) is 2.73. The maximum absolute atomic E-state index is 12.6. The molecular formula is C14H22N2O4. The van der Waals surface area contributed by atoms with E-state index in [2.05, 4.69) is 0 Å². The molecule has 4 atom stereocenters. The molecular weight excluding hydrogens is 260 g/mol. The number of carboxylic acid groups (broad SMARTS) is 1. The first-order chi connectivity index (χ1) is 9.43. The van der Waals surface area contributed by atoms with Crippen molar-refractivity contribution in [2.45, 2.75) is 44.2 Å². The van der Waals surface area contributed by atoms with Gasteiger partial charge in [0.05, 0.1) is 6.10 Å². The minimum atomic E-state index is -1.08. The Morgan fingerprint density at radius 2 is 2.00 bits per heavy atom. The van der Waals surface area contributed by atoms with Crippen LogP contribution in [0, 0.1) is 11.8 Å². The number of aliphatic hydroxyl groups excluding tert-OH is 1. The second-order valence-electron chi connectivity index (χ2n) is 6.59. The maximum Gasteiger partial charge on any atom is 0.329 e. The highest BCUT2D eigenvalue weighted by Crippen LogP contribution is 2.39. The van der Waals surface area contributed by atoms with Crippen molar-refractivity contribution >= 4 is 12.0 Å². The molecule has 0 aromatic rings. The van der Waals surface area contributed by atoms with Crippen molar-refractivity contribution in [1.29, 1.82) is 0 Å². The van der Waals surface area contributed by atoms with Crippen LogP contribution >= 0.6 is 0 Å². The van der Waals surface area contributed by atoms with Crippen LogP contribution in [0.1, 0.15) is 32.6 Å². The van der Waals surface area contributed by atoms with E-state index in [4.69, 9.17) is 0 Å². The first-order valence-electron chi connectivity index (χ1n) is 7.41. The third kappa shape index (κ3) is 1.89. The number of aliphatic hydroxyl groups is 1. The Kier molecular flexibility index (Phi) is 3.16. The molecule has 0 spiro atoms. The molecule has 1 saturated carbocycles. The summed E-state index contributed by atoms with van der Waals surface area (Å²) >= 11 is 0. The van der Waals surface area contributed by atoms with Crippen LogP contribution in [0.5, 0.6) is 0 Å². The number of rotatable bonds is 1. The monoisotopic (exact) mass is 282 g/mol. The maximum atomic E-state index is 12.6. The van der Waals surface area contributed by atoms with E-state index in [1.54, 1.807) is 11.8 Å². The molecule has 2 saturated heterocycles. The lowest BCUT2D eigenvalue weighted by Crippen LogP contribution is -2.54. The van der Waals surface area contributed by atoms with Gasteiger partial charge in [-0.2, -0.15) is 0 Å². The Morgan fingerprint density at radius 1 is 1.25 bits per heavy atom. The number of likely N-dealkylation sites (tertiary alicyclic amines) is 2. The van der Waals surface area contributed by atoms with Crippen molar-refractivity contribution in [1.82, 2.24) is 9.80 Å². The Morgan fingerprint density at radius 3 is 2.65 bits per heavy atom. The number of carboxylic acids is 1. The number of aliphatic carboxylic acids is 1. The highest BCUT2D eigenvalue weighted by atomic mass is 16.4. The minimum absolute atomic E-state index is 0.172. The van der Waals surface area contributed by atoms with Crippen LogP contribution < -0.4 is 0 Å². The van der Waals surface area contributed by atoms with Crippen molar-refractivity contribution < 1.29 is 19.8 Å². The summed E-state index contributed by atoms with van der Waals surface area (Å²) in [4.78, 5) is 27.3. The van der Waals surface area contributed by atoms with E-state index in [9.17, 15) is 19.8 Å². The summed E-state index contributed by atoms with van der Waals surface area (Å²) in [7, 11) is 0. The molecule has 0 aromatic carbocycles. The molecule has 3 aliphatic rings. The fourth-order valence-corrected chi connectivity index (χ4v) is 4.06. The summed E-state index contributed by atoms with van der Waals surface area (Å²) < 4.78 is 0. The van der Waals surface area contributed by atoms with Crippen LogP contribution in [-0.4, -0.2) is 63.3 Å². The lowest BCUT2D eigenvalue weighted by molar-refractivity contribution is -0.147. The zero-order chi connectivity index (χ0) is 14.5. The van der Waals surface area contributed by atoms with Crippen molar-refractivity contribution in [2.75, 3.05) is 19.6 Å². The molecule has 20 heavy (non-hydrogen) atoms. The minimum Gasteiger partial charge on any atom is -0.480 e. The summed E-state index contributed by atoms with van der Waals surface area (Å²) in [5.74, 6) is -0.368. The highest BCUT2D eigenvalue weighted by molar-refractivity contribution is 5.86. The van der Waals surface area contributed by atoms with Crippen LogP contribution in [0.15, 0.2) is 0 Å². The van der Waals surface area contributed by atoms with Gasteiger partial charge in [-0.1, -0.05) is 0 Å². The summed E-state index contributed by atoms with van der Waals surface area (Å²) in [6, 6.07) is -0.172. The lowest BCUT2D eigenvalue weighted by Gasteiger charge is -2.34. The predicted molar refractivity (Wildman–Crippen MR) is 71.2 cm³/mol. The Balaban J connectivity index is 1.72. The van der Waals surface area contributed by atoms with E-state index in [1.165, 1.54) is 4.90 Å². The van der Waals surface area contributed by atoms with Gasteiger partial charge in [0.2, 0.25) is 0 Å². The predicted octanol–water partition coefficient (Wildman–Crippen LogP) is 0.748. The van der Waals surface area contributed by atoms with Crippen LogP contribution in [-0.2, 0) is 4.79 Å². The van der Waals surface area contributed by atoms with Crippen LogP contribution in [0.4, 0.5) is 4.79 Å². The number of fused-ring (bicyclic) bond motifs is 1. The number of hydrogen-bond donors (Lipinski definition) is 2. The third-order valence-electron chi connectivity index (χ3n) is 5.42. The van der Waals surface area contributed by atoms with E-state index in [0.717, 1.165) is 19.3 Å². The zero-order valence-electron chi connectivity index (χ0n) is 11.8. The molecule has 3 rings (SSSR count). The molecule has 0 bridgehead atoms. The molecule has 4 unspecified atom stereocenters. The normalized spacial score (nSPS) is 40.2. The number of hydrogen-bond acceptors (Lipinski definition) is 3. The van der Waals surface area contributed by atoms with Crippen molar-refractivity contribution in [3.8, 4) is 0 Å². The van der Waals surface area contributed by atoms with Gasteiger partial charge in [-0.3, -0.25) is 0 Å². The quantitative estimate of drug-likeness (QED) is 0.743. The molecule has 0 aromatic heterocycles. The molecule has 2 amide bonds. The number of urea groups is 1. The lowest BCUT2D eigenvalue weighted by atomic mass is 9.99. The molecule has 2 aliphatic heterocycles. The van der Waals surface area contributed by atoms with Gasteiger partial charge < -0.3 is 20.0 Å². The molecule has 3 fully saturated rings. The highest BCUT2D eigenvalue weighted by Gasteiger charge is 2.50. The van der Waals surface area contributed by atoms with Crippen molar-refractivity contribution in [3.63, 3.8) is 0 Å². The van der Waals surface area contributed by atoms with Gasteiger partial charge in [0.1, 0.15) is 5.54 Å². The van der Waals surface area contributed by atoms with Crippen molar-refractivity contribution in [3.05, 3.63) is 0 Å². The van der Waals surface area contributed by atoms with Gasteiger partial charge in [-0.05, 0) is 38.5 Å². The van der Waals surface area contributed by atoms with E-state index < -0.39 is 11.5 Å². The van der Waals surface area contributed by atoms with E-state index in [-0.39, 0.29) is 18.1 Å². The smallest absolute Gasteiger partial charge is 0.329 e. The van der Waals surface area contributed by atoms with Gasteiger partial charge >= 0.3 is 12.0 Å². The van der Waals surface area contributed by atoms with E-state index >= 15 is 0 Å². The molecule has 112 valence electrons. The molecule has 2 N–H and O–H groups in total. The van der Waals surface area contributed by atoms with Gasteiger partial charge in [0.25, 0.3) is 0 Å².